The number of ether oxygens (including phenoxy) is 2. The summed E-state index contributed by atoms with van der Waals surface area (Å²) in [4.78, 5) is 25.6. The minimum absolute atomic E-state index is 0.0258. The zero-order chi connectivity index (χ0) is 15.9. The minimum Gasteiger partial charge on any atom is -0.497 e. The summed E-state index contributed by atoms with van der Waals surface area (Å²) < 4.78 is 10.4. The smallest absolute Gasteiger partial charge is 0.225 e. The number of nitrogens with zero attached hydrogens (tertiary/aromatic N) is 1. The van der Waals surface area contributed by atoms with Crippen LogP contribution in [-0.4, -0.2) is 50.1 Å². The summed E-state index contributed by atoms with van der Waals surface area (Å²) in [6.45, 7) is 3.80. The molecule has 6 heteroatoms. The van der Waals surface area contributed by atoms with Crippen molar-refractivity contribution in [1.29, 1.82) is 0 Å². The van der Waals surface area contributed by atoms with E-state index in [1.54, 1.807) is 12.0 Å². The monoisotopic (exact) mass is 306 g/mol. The van der Waals surface area contributed by atoms with Gasteiger partial charge in [-0.05, 0) is 17.7 Å². The molecule has 0 aliphatic carbocycles. The number of nitrogens with one attached hydrogen (secondary N) is 1. The molecule has 1 aromatic rings. The van der Waals surface area contributed by atoms with Crippen LogP contribution in [0.2, 0.25) is 0 Å². The van der Waals surface area contributed by atoms with Crippen LogP contribution >= 0.6 is 0 Å². The van der Waals surface area contributed by atoms with Crippen LogP contribution < -0.4 is 10.1 Å². The van der Waals surface area contributed by atoms with Gasteiger partial charge in [0.15, 0.2) is 0 Å². The maximum Gasteiger partial charge on any atom is 0.225 e. The molecular formula is C16H22N2O4. The molecule has 0 saturated carbocycles. The Kier molecular flexibility index (Phi) is 5.77. The second-order valence-corrected chi connectivity index (χ2v) is 5.22. The number of carbonyl (C=O) groups excluding carboxylic acids is 2. The van der Waals surface area contributed by atoms with Gasteiger partial charge in [-0.1, -0.05) is 12.1 Å². The topological polar surface area (TPSA) is 67.9 Å². The summed E-state index contributed by atoms with van der Waals surface area (Å²) in [5.41, 5.74) is 0.887. The lowest BCUT2D eigenvalue weighted by atomic mass is 10.0. The third kappa shape index (κ3) is 4.46. The highest BCUT2D eigenvalue weighted by Gasteiger charge is 2.22. The summed E-state index contributed by atoms with van der Waals surface area (Å²) in [5.74, 6) is 0.610. The fourth-order valence-corrected chi connectivity index (χ4v) is 2.45. The molecule has 2 rings (SSSR count). The Morgan fingerprint density at radius 1 is 1.27 bits per heavy atom. The molecule has 0 radical (unpaired) electrons. The van der Waals surface area contributed by atoms with E-state index in [0.717, 1.165) is 11.3 Å². The van der Waals surface area contributed by atoms with Crippen LogP contribution in [0.5, 0.6) is 5.75 Å². The Morgan fingerprint density at radius 3 is 2.45 bits per heavy atom. The number of carbonyl (C=O) groups is 2. The molecule has 1 atom stereocenters. The highest BCUT2D eigenvalue weighted by molar-refractivity contribution is 5.79. The van der Waals surface area contributed by atoms with Crippen molar-refractivity contribution < 1.29 is 19.1 Å². The van der Waals surface area contributed by atoms with Gasteiger partial charge in [-0.25, -0.2) is 0 Å². The second-order valence-electron chi connectivity index (χ2n) is 5.22. The molecule has 0 bridgehead atoms. The van der Waals surface area contributed by atoms with Gasteiger partial charge < -0.3 is 19.7 Å². The normalized spacial score (nSPS) is 16.0. The van der Waals surface area contributed by atoms with Crippen LogP contribution in [-0.2, 0) is 14.3 Å². The van der Waals surface area contributed by atoms with Crippen molar-refractivity contribution in [3.63, 3.8) is 0 Å². The quantitative estimate of drug-likeness (QED) is 0.885. The van der Waals surface area contributed by atoms with E-state index in [1.165, 1.54) is 6.92 Å². The lowest BCUT2D eigenvalue weighted by Gasteiger charge is -2.29. The molecule has 1 heterocycles. The molecule has 1 aliphatic heterocycles. The SMILES string of the molecule is COc1ccc(C(CC(=O)N2CCOCC2)NC(C)=O)cc1. The standard InChI is InChI=1S/C16H22N2O4/c1-12(19)17-15(13-3-5-14(21-2)6-4-13)11-16(20)18-7-9-22-10-8-18/h3-6,15H,7-11H2,1-2H3,(H,17,19). The van der Waals surface area contributed by atoms with Gasteiger partial charge in [0, 0.05) is 20.0 Å². The lowest BCUT2D eigenvalue weighted by molar-refractivity contribution is -0.136. The van der Waals surface area contributed by atoms with Crippen LogP contribution in [0, 0.1) is 0 Å². The first-order valence-corrected chi connectivity index (χ1v) is 7.36. The number of methoxy groups -OCH3 is 1. The van der Waals surface area contributed by atoms with Crippen LogP contribution in [0.15, 0.2) is 24.3 Å². The van der Waals surface area contributed by atoms with Crippen molar-refractivity contribution >= 4 is 11.8 Å². The van der Waals surface area contributed by atoms with Gasteiger partial charge in [0.2, 0.25) is 11.8 Å². The molecule has 1 aliphatic rings. The van der Waals surface area contributed by atoms with E-state index >= 15 is 0 Å². The molecule has 120 valence electrons. The van der Waals surface area contributed by atoms with Gasteiger partial charge in [-0.3, -0.25) is 9.59 Å². The molecule has 2 amide bonds. The van der Waals surface area contributed by atoms with Crippen LogP contribution in [0.25, 0.3) is 0 Å². The van der Waals surface area contributed by atoms with Crippen LogP contribution in [0.3, 0.4) is 0 Å². The molecule has 1 unspecified atom stereocenters. The zero-order valence-corrected chi connectivity index (χ0v) is 13.0. The zero-order valence-electron chi connectivity index (χ0n) is 13.0. The largest absolute Gasteiger partial charge is 0.497 e. The average Bonchev–Trinajstić information content (AvgIpc) is 2.54. The Hall–Kier alpha value is -2.08. The van der Waals surface area contributed by atoms with E-state index in [0.29, 0.717) is 26.3 Å². The summed E-state index contributed by atoms with van der Waals surface area (Å²) in [6.07, 6.45) is 0.242. The van der Waals surface area contributed by atoms with Gasteiger partial charge in [0.1, 0.15) is 5.75 Å². The third-order valence-corrected chi connectivity index (χ3v) is 3.64. The van der Waals surface area contributed by atoms with Crippen molar-refractivity contribution in [3.05, 3.63) is 29.8 Å². The number of hydrogen-bond donors (Lipinski definition) is 1. The van der Waals surface area contributed by atoms with Crippen molar-refractivity contribution in [1.82, 2.24) is 10.2 Å². The molecule has 1 aromatic carbocycles. The Labute approximate surface area is 130 Å². The number of rotatable bonds is 5. The second kappa shape index (κ2) is 7.79. The van der Waals surface area contributed by atoms with Crippen molar-refractivity contribution in [2.75, 3.05) is 33.4 Å². The number of hydrogen-bond acceptors (Lipinski definition) is 4. The van der Waals surface area contributed by atoms with Gasteiger partial charge in [-0.2, -0.15) is 0 Å². The maximum absolute atomic E-state index is 12.4. The number of morpholine rings is 1. The van der Waals surface area contributed by atoms with E-state index in [-0.39, 0.29) is 24.3 Å². The first-order chi connectivity index (χ1) is 10.6. The summed E-state index contributed by atoms with van der Waals surface area (Å²) in [7, 11) is 1.60. The molecule has 0 spiro atoms. The average molecular weight is 306 g/mol. The van der Waals surface area contributed by atoms with Crippen molar-refractivity contribution in [2.45, 2.75) is 19.4 Å². The van der Waals surface area contributed by atoms with Crippen LogP contribution in [0.1, 0.15) is 24.9 Å². The Morgan fingerprint density at radius 2 is 1.91 bits per heavy atom. The predicted octanol–water partition coefficient (Wildman–Crippen LogP) is 1.12. The molecule has 1 saturated heterocycles. The first kappa shape index (κ1) is 16.3. The van der Waals surface area contributed by atoms with Gasteiger partial charge in [0.25, 0.3) is 0 Å². The van der Waals surface area contributed by atoms with Gasteiger partial charge >= 0.3 is 0 Å². The molecule has 6 nitrogen and oxygen atoms in total. The first-order valence-electron chi connectivity index (χ1n) is 7.36. The van der Waals surface area contributed by atoms with E-state index in [4.69, 9.17) is 9.47 Å². The molecule has 0 aromatic heterocycles. The summed E-state index contributed by atoms with van der Waals surface area (Å²) >= 11 is 0. The third-order valence-electron chi connectivity index (χ3n) is 3.64. The van der Waals surface area contributed by atoms with E-state index in [9.17, 15) is 9.59 Å². The van der Waals surface area contributed by atoms with E-state index in [2.05, 4.69) is 5.32 Å². The summed E-state index contributed by atoms with van der Waals surface area (Å²) in [6, 6.07) is 7.05. The van der Waals surface area contributed by atoms with E-state index < -0.39 is 0 Å². The van der Waals surface area contributed by atoms with Crippen molar-refractivity contribution in [3.8, 4) is 5.75 Å². The highest BCUT2D eigenvalue weighted by Crippen LogP contribution is 2.21. The van der Waals surface area contributed by atoms with E-state index in [1.807, 2.05) is 24.3 Å². The minimum atomic E-state index is -0.334. The molecular weight excluding hydrogens is 284 g/mol. The van der Waals surface area contributed by atoms with Gasteiger partial charge in [-0.15, -0.1) is 0 Å². The highest BCUT2D eigenvalue weighted by atomic mass is 16.5. The van der Waals surface area contributed by atoms with Crippen molar-refractivity contribution in [2.24, 2.45) is 0 Å². The molecule has 1 N–H and O–H groups in total. The number of amides is 2. The lowest BCUT2D eigenvalue weighted by Crippen LogP contribution is -2.42. The number of benzene rings is 1. The Balaban J connectivity index is 2.07. The molecule has 22 heavy (non-hydrogen) atoms. The fraction of sp³-hybridized carbons (Fsp3) is 0.500. The maximum atomic E-state index is 12.4. The molecule has 1 fully saturated rings. The van der Waals surface area contributed by atoms with Gasteiger partial charge in [0.05, 0.1) is 32.8 Å². The Bertz CT molecular complexity index is 509. The van der Waals surface area contributed by atoms with Crippen LogP contribution in [0.4, 0.5) is 0 Å². The fourth-order valence-electron chi connectivity index (χ4n) is 2.45. The predicted molar refractivity (Wildman–Crippen MR) is 81.6 cm³/mol. The summed E-state index contributed by atoms with van der Waals surface area (Å²) in [5, 5.41) is 2.85.